The first-order chi connectivity index (χ1) is 15.4. The number of hydrogen-bond donors (Lipinski definition) is 3. The molecule has 2 aromatic carbocycles. The van der Waals surface area contributed by atoms with Crippen molar-refractivity contribution in [2.75, 3.05) is 20.8 Å². The fourth-order valence-electron chi connectivity index (χ4n) is 3.56. The number of benzene rings is 2. The molecule has 1 aliphatic rings. The summed E-state index contributed by atoms with van der Waals surface area (Å²) in [5.74, 6) is 0.119. The second kappa shape index (κ2) is 10.6. The van der Waals surface area contributed by atoms with Crippen LogP contribution in [-0.4, -0.2) is 60.8 Å². The Labute approximate surface area is 186 Å². The standard InChI is InChI=1S/C23H27N3O6/c1-31-19-9-8-16(11-20(19)32-2)13-26-22(29)18(25-23(26)30)12-21(28)24-17(14-27)10-15-6-4-3-5-7-15/h3-9,11,17-18,27H,10,12-14H2,1-2H3,(H,24,28)(H,25,30). The van der Waals surface area contributed by atoms with Crippen LogP contribution in [0.1, 0.15) is 17.5 Å². The Balaban J connectivity index is 1.58. The fourth-order valence-corrected chi connectivity index (χ4v) is 3.56. The van der Waals surface area contributed by atoms with Gasteiger partial charge in [-0.25, -0.2) is 4.79 Å². The number of carbonyl (C=O) groups excluding carboxylic acids is 3. The van der Waals surface area contributed by atoms with Crippen LogP contribution >= 0.6 is 0 Å². The fraction of sp³-hybridized carbons (Fsp3) is 0.348. The number of aliphatic hydroxyl groups is 1. The third-order valence-corrected chi connectivity index (χ3v) is 5.20. The molecule has 170 valence electrons. The number of hydrogen-bond acceptors (Lipinski definition) is 6. The van der Waals surface area contributed by atoms with Crippen molar-refractivity contribution in [1.29, 1.82) is 0 Å². The van der Waals surface area contributed by atoms with Gasteiger partial charge in [0.05, 0.1) is 39.8 Å². The molecule has 1 saturated heterocycles. The van der Waals surface area contributed by atoms with Gasteiger partial charge in [-0.2, -0.15) is 0 Å². The normalized spacial score (nSPS) is 16.5. The van der Waals surface area contributed by atoms with Crippen molar-refractivity contribution in [2.45, 2.75) is 31.5 Å². The number of amides is 4. The maximum Gasteiger partial charge on any atom is 0.325 e. The lowest BCUT2D eigenvalue weighted by Crippen LogP contribution is -2.43. The lowest BCUT2D eigenvalue weighted by Gasteiger charge is -2.18. The van der Waals surface area contributed by atoms with Gasteiger partial charge in [0.2, 0.25) is 5.91 Å². The van der Waals surface area contributed by atoms with Crippen molar-refractivity contribution in [3.05, 3.63) is 59.7 Å². The van der Waals surface area contributed by atoms with Crippen molar-refractivity contribution >= 4 is 17.8 Å². The van der Waals surface area contributed by atoms with Crippen LogP contribution in [0.25, 0.3) is 0 Å². The minimum Gasteiger partial charge on any atom is -0.493 e. The van der Waals surface area contributed by atoms with Crippen molar-refractivity contribution < 1.29 is 29.0 Å². The van der Waals surface area contributed by atoms with Crippen molar-refractivity contribution in [3.63, 3.8) is 0 Å². The van der Waals surface area contributed by atoms with Gasteiger partial charge >= 0.3 is 6.03 Å². The van der Waals surface area contributed by atoms with Crippen LogP contribution < -0.4 is 20.1 Å². The molecule has 3 rings (SSSR count). The molecule has 0 aromatic heterocycles. The van der Waals surface area contributed by atoms with Crippen LogP contribution in [0.5, 0.6) is 11.5 Å². The highest BCUT2D eigenvalue weighted by atomic mass is 16.5. The van der Waals surface area contributed by atoms with Gasteiger partial charge in [-0.15, -0.1) is 0 Å². The average molecular weight is 441 g/mol. The summed E-state index contributed by atoms with van der Waals surface area (Å²) in [5.41, 5.74) is 1.65. The monoisotopic (exact) mass is 441 g/mol. The predicted molar refractivity (Wildman–Crippen MR) is 116 cm³/mol. The molecule has 9 nitrogen and oxygen atoms in total. The Hall–Kier alpha value is -3.59. The summed E-state index contributed by atoms with van der Waals surface area (Å²) in [4.78, 5) is 38.6. The van der Waals surface area contributed by atoms with E-state index in [0.29, 0.717) is 23.5 Å². The smallest absolute Gasteiger partial charge is 0.325 e. The molecule has 2 atom stereocenters. The van der Waals surface area contributed by atoms with E-state index >= 15 is 0 Å². The van der Waals surface area contributed by atoms with E-state index in [9.17, 15) is 19.5 Å². The zero-order valence-corrected chi connectivity index (χ0v) is 18.0. The van der Waals surface area contributed by atoms with Gasteiger partial charge in [-0.05, 0) is 29.7 Å². The summed E-state index contributed by atoms with van der Waals surface area (Å²) in [7, 11) is 3.02. The van der Waals surface area contributed by atoms with E-state index in [-0.39, 0.29) is 19.6 Å². The van der Waals surface area contributed by atoms with E-state index in [4.69, 9.17) is 9.47 Å². The molecule has 32 heavy (non-hydrogen) atoms. The molecule has 1 fully saturated rings. The maximum absolute atomic E-state index is 12.7. The van der Waals surface area contributed by atoms with Crippen LogP contribution in [-0.2, 0) is 22.6 Å². The number of ether oxygens (including phenoxy) is 2. The van der Waals surface area contributed by atoms with Crippen LogP contribution in [0.2, 0.25) is 0 Å². The Morgan fingerprint density at radius 1 is 1.09 bits per heavy atom. The van der Waals surface area contributed by atoms with Crippen LogP contribution in [0, 0.1) is 0 Å². The van der Waals surface area contributed by atoms with E-state index in [1.54, 1.807) is 18.2 Å². The Morgan fingerprint density at radius 2 is 1.81 bits per heavy atom. The number of nitrogens with zero attached hydrogens (tertiary/aromatic N) is 1. The van der Waals surface area contributed by atoms with Crippen molar-refractivity contribution in [3.8, 4) is 11.5 Å². The third-order valence-electron chi connectivity index (χ3n) is 5.20. The van der Waals surface area contributed by atoms with Crippen LogP contribution in [0.3, 0.4) is 0 Å². The lowest BCUT2D eigenvalue weighted by atomic mass is 10.1. The second-order valence-corrected chi connectivity index (χ2v) is 7.46. The first-order valence-corrected chi connectivity index (χ1v) is 10.2. The molecular weight excluding hydrogens is 414 g/mol. The molecule has 0 saturated carbocycles. The van der Waals surface area contributed by atoms with E-state index in [0.717, 1.165) is 10.5 Å². The van der Waals surface area contributed by atoms with Gasteiger partial charge in [0.1, 0.15) is 6.04 Å². The highest BCUT2D eigenvalue weighted by Crippen LogP contribution is 2.28. The number of methoxy groups -OCH3 is 2. The molecule has 4 amide bonds. The molecule has 1 aliphatic heterocycles. The van der Waals surface area contributed by atoms with Gasteiger partial charge in [-0.1, -0.05) is 36.4 Å². The zero-order valence-electron chi connectivity index (χ0n) is 18.0. The highest BCUT2D eigenvalue weighted by molar-refractivity contribution is 6.05. The summed E-state index contributed by atoms with van der Waals surface area (Å²) < 4.78 is 10.5. The molecule has 0 spiro atoms. The summed E-state index contributed by atoms with van der Waals surface area (Å²) >= 11 is 0. The average Bonchev–Trinajstić information content (AvgIpc) is 3.06. The number of carbonyl (C=O) groups is 3. The van der Waals surface area contributed by atoms with Gasteiger partial charge in [0.25, 0.3) is 5.91 Å². The lowest BCUT2D eigenvalue weighted by molar-refractivity contribution is -0.131. The number of imide groups is 1. The Kier molecular flexibility index (Phi) is 7.67. The molecule has 0 radical (unpaired) electrons. The summed E-state index contributed by atoms with van der Waals surface area (Å²) in [6, 6.07) is 12.6. The first-order valence-electron chi connectivity index (χ1n) is 10.2. The van der Waals surface area contributed by atoms with E-state index in [2.05, 4.69) is 10.6 Å². The number of aliphatic hydroxyl groups excluding tert-OH is 1. The van der Waals surface area contributed by atoms with Crippen molar-refractivity contribution in [2.24, 2.45) is 0 Å². The summed E-state index contributed by atoms with van der Waals surface area (Å²) in [6.45, 7) is -0.201. The molecule has 1 heterocycles. The minimum atomic E-state index is -0.960. The van der Waals surface area contributed by atoms with E-state index < -0.39 is 29.9 Å². The molecular formula is C23H27N3O6. The number of urea groups is 1. The summed E-state index contributed by atoms with van der Waals surface area (Å²) in [6.07, 6.45) is 0.248. The van der Waals surface area contributed by atoms with Crippen molar-refractivity contribution in [1.82, 2.24) is 15.5 Å². The SMILES string of the molecule is COc1ccc(CN2C(=O)NC(CC(=O)NC(CO)Cc3ccccc3)C2=O)cc1OC. The molecule has 2 unspecified atom stereocenters. The third kappa shape index (κ3) is 5.55. The zero-order chi connectivity index (χ0) is 23.1. The molecule has 9 heteroatoms. The van der Waals surface area contributed by atoms with Crippen LogP contribution in [0.4, 0.5) is 4.79 Å². The topological polar surface area (TPSA) is 117 Å². The van der Waals surface area contributed by atoms with Gasteiger partial charge in [0, 0.05) is 0 Å². The number of nitrogens with one attached hydrogen (secondary N) is 2. The van der Waals surface area contributed by atoms with Gasteiger partial charge in [-0.3, -0.25) is 14.5 Å². The molecule has 3 N–H and O–H groups in total. The molecule has 2 aromatic rings. The van der Waals surface area contributed by atoms with Gasteiger partial charge < -0.3 is 25.2 Å². The first kappa shape index (κ1) is 23.1. The highest BCUT2D eigenvalue weighted by Gasteiger charge is 2.39. The largest absolute Gasteiger partial charge is 0.493 e. The summed E-state index contributed by atoms with van der Waals surface area (Å²) in [5, 5.41) is 14.9. The minimum absolute atomic E-state index is 0.0381. The molecule has 0 bridgehead atoms. The quantitative estimate of drug-likeness (QED) is 0.478. The van der Waals surface area contributed by atoms with E-state index in [1.807, 2.05) is 30.3 Å². The predicted octanol–water partition coefficient (Wildman–Crippen LogP) is 1.23. The second-order valence-electron chi connectivity index (χ2n) is 7.46. The molecule has 0 aliphatic carbocycles. The number of rotatable bonds is 10. The maximum atomic E-state index is 12.7. The Morgan fingerprint density at radius 3 is 2.47 bits per heavy atom. The van der Waals surface area contributed by atoms with E-state index in [1.165, 1.54) is 14.2 Å². The van der Waals surface area contributed by atoms with Gasteiger partial charge in [0.15, 0.2) is 11.5 Å². The Bertz CT molecular complexity index is 965. The van der Waals surface area contributed by atoms with Crippen LogP contribution in [0.15, 0.2) is 48.5 Å².